The van der Waals surface area contributed by atoms with Crippen molar-refractivity contribution in [1.29, 1.82) is 0 Å². The van der Waals surface area contributed by atoms with Gasteiger partial charge in [0.15, 0.2) is 11.6 Å². The molecular weight excluding hydrogens is 261 g/mol. The molecule has 0 amide bonds. The minimum Gasteiger partial charge on any atom is -0.494 e. The number of esters is 1. The summed E-state index contributed by atoms with van der Waals surface area (Å²) in [6, 6.07) is 10.9. The van der Waals surface area contributed by atoms with Gasteiger partial charge < -0.3 is 15.2 Å². The molecule has 4 nitrogen and oxygen atoms in total. The molecule has 0 heterocycles. The second-order valence-electron chi connectivity index (χ2n) is 4.17. The number of rotatable bonds is 4. The van der Waals surface area contributed by atoms with Crippen molar-refractivity contribution in [2.45, 2.75) is 6.61 Å². The number of hydrogen-bond acceptors (Lipinski definition) is 4. The summed E-state index contributed by atoms with van der Waals surface area (Å²) in [5.41, 5.74) is 6.97. The maximum atomic E-state index is 13.5. The van der Waals surface area contributed by atoms with Crippen molar-refractivity contribution in [3.05, 3.63) is 59.4 Å². The van der Waals surface area contributed by atoms with Gasteiger partial charge in [0.1, 0.15) is 6.61 Å². The summed E-state index contributed by atoms with van der Waals surface area (Å²) in [5, 5.41) is 0. The molecule has 0 radical (unpaired) electrons. The molecule has 0 aliphatic carbocycles. The summed E-state index contributed by atoms with van der Waals surface area (Å²) in [6.07, 6.45) is 0. The number of ether oxygens (including phenoxy) is 2. The van der Waals surface area contributed by atoms with Gasteiger partial charge in [-0.3, -0.25) is 0 Å². The number of nitrogens with two attached hydrogens (primary N) is 1. The van der Waals surface area contributed by atoms with Crippen molar-refractivity contribution in [3.63, 3.8) is 0 Å². The Morgan fingerprint density at radius 1 is 1.25 bits per heavy atom. The van der Waals surface area contributed by atoms with Crippen molar-refractivity contribution >= 4 is 11.7 Å². The van der Waals surface area contributed by atoms with Crippen LogP contribution in [-0.4, -0.2) is 13.1 Å². The van der Waals surface area contributed by atoms with Crippen LogP contribution in [0.2, 0.25) is 0 Å². The van der Waals surface area contributed by atoms with E-state index in [4.69, 9.17) is 15.2 Å². The molecule has 2 aromatic rings. The van der Waals surface area contributed by atoms with Crippen LogP contribution in [0.5, 0.6) is 5.75 Å². The van der Waals surface area contributed by atoms with E-state index in [0.717, 1.165) is 0 Å². The van der Waals surface area contributed by atoms with E-state index in [1.165, 1.54) is 25.3 Å². The fourth-order valence-electron chi connectivity index (χ4n) is 1.70. The van der Waals surface area contributed by atoms with E-state index in [9.17, 15) is 9.18 Å². The first-order valence-electron chi connectivity index (χ1n) is 5.95. The van der Waals surface area contributed by atoms with Crippen LogP contribution in [-0.2, 0) is 11.3 Å². The highest BCUT2D eigenvalue weighted by atomic mass is 19.1. The molecule has 0 bridgehead atoms. The van der Waals surface area contributed by atoms with E-state index in [1.54, 1.807) is 24.3 Å². The van der Waals surface area contributed by atoms with Gasteiger partial charge in [-0.15, -0.1) is 0 Å². The van der Waals surface area contributed by atoms with Crippen LogP contribution < -0.4 is 10.5 Å². The fraction of sp³-hybridized carbons (Fsp3) is 0.133. The monoisotopic (exact) mass is 275 g/mol. The van der Waals surface area contributed by atoms with Crippen molar-refractivity contribution in [3.8, 4) is 5.75 Å². The third-order valence-electron chi connectivity index (χ3n) is 2.71. The fourth-order valence-corrected chi connectivity index (χ4v) is 1.70. The van der Waals surface area contributed by atoms with E-state index in [1.807, 2.05) is 0 Å². The number of hydrogen-bond donors (Lipinski definition) is 1. The molecule has 20 heavy (non-hydrogen) atoms. The molecule has 2 aromatic carbocycles. The van der Waals surface area contributed by atoms with Gasteiger partial charge in [0, 0.05) is 5.69 Å². The van der Waals surface area contributed by atoms with Gasteiger partial charge >= 0.3 is 5.97 Å². The number of carbonyl (C=O) groups is 1. The second kappa shape index (κ2) is 6.06. The van der Waals surface area contributed by atoms with Gasteiger partial charge in [-0.25, -0.2) is 9.18 Å². The highest BCUT2D eigenvalue weighted by molar-refractivity contribution is 5.90. The van der Waals surface area contributed by atoms with E-state index in [2.05, 4.69) is 0 Å². The molecule has 0 aliphatic heterocycles. The topological polar surface area (TPSA) is 61.5 Å². The van der Waals surface area contributed by atoms with Crippen LogP contribution in [0.15, 0.2) is 42.5 Å². The number of benzene rings is 2. The average Bonchev–Trinajstić information content (AvgIpc) is 2.45. The number of methoxy groups -OCH3 is 1. The van der Waals surface area contributed by atoms with E-state index < -0.39 is 11.8 Å². The van der Waals surface area contributed by atoms with Gasteiger partial charge in [0.25, 0.3) is 0 Å². The predicted molar refractivity (Wildman–Crippen MR) is 72.9 cm³/mol. The first kappa shape index (κ1) is 13.9. The quantitative estimate of drug-likeness (QED) is 0.688. The SMILES string of the molecule is COc1ccc(COC(=O)c2cccc(N)c2)cc1F. The minimum atomic E-state index is -0.506. The van der Waals surface area contributed by atoms with Crippen LogP contribution >= 0.6 is 0 Å². The third-order valence-corrected chi connectivity index (χ3v) is 2.71. The van der Waals surface area contributed by atoms with Gasteiger partial charge in [0.05, 0.1) is 12.7 Å². The normalized spacial score (nSPS) is 10.1. The van der Waals surface area contributed by atoms with Crippen LogP contribution in [0.3, 0.4) is 0 Å². The molecule has 0 atom stereocenters. The smallest absolute Gasteiger partial charge is 0.338 e. The van der Waals surface area contributed by atoms with Crippen LogP contribution in [0.4, 0.5) is 10.1 Å². The van der Waals surface area contributed by atoms with Gasteiger partial charge in [0.2, 0.25) is 0 Å². The lowest BCUT2D eigenvalue weighted by molar-refractivity contribution is 0.0472. The summed E-state index contributed by atoms with van der Waals surface area (Å²) in [4.78, 5) is 11.8. The van der Waals surface area contributed by atoms with Crippen molar-refractivity contribution in [2.24, 2.45) is 0 Å². The van der Waals surface area contributed by atoms with E-state index in [-0.39, 0.29) is 12.4 Å². The molecular formula is C15H14FNO3. The molecule has 0 aliphatic rings. The Morgan fingerprint density at radius 3 is 2.70 bits per heavy atom. The highest BCUT2D eigenvalue weighted by Gasteiger charge is 2.09. The highest BCUT2D eigenvalue weighted by Crippen LogP contribution is 2.18. The van der Waals surface area contributed by atoms with Crippen LogP contribution in [0, 0.1) is 5.82 Å². The molecule has 2 N–H and O–H groups in total. The number of anilines is 1. The molecule has 5 heteroatoms. The van der Waals surface area contributed by atoms with Crippen LogP contribution in [0.1, 0.15) is 15.9 Å². The Bertz CT molecular complexity index is 628. The first-order chi connectivity index (χ1) is 9.60. The molecule has 2 rings (SSSR count). The predicted octanol–water partition coefficient (Wildman–Crippen LogP) is 2.77. The molecule has 0 unspecified atom stereocenters. The molecule has 104 valence electrons. The summed E-state index contributed by atoms with van der Waals surface area (Å²) in [7, 11) is 1.39. The molecule has 0 fully saturated rings. The summed E-state index contributed by atoms with van der Waals surface area (Å²) in [6.45, 7) is -0.0193. The van der Waals surface area contributed by atoms with Gasteiger partial charge in [-0.05, 0) is 35.9 Å². The van der Waals surface area contributed by atoms with E-state index >= 15 is 0 Å². The summed E-state index contributed by atoms with van der Waals surface area (Å²) < 4.78 is 23.4. The van der Waals surface area contributed by atoms with Gasteiger partial charge in [-0.2, -0.15) is 0 Å². The second-order valence-corrected chi connectivity index (χ2v) is 4.17. The summed E-state index contributed by atoms with van der Waals surface area (Å²) in [5.74, 6) is -0.852. The average molecular weight is 275 g/mol. The molecule has 0 saturated heterocycles. The molecule has 0 saturated carbocycles. The van der Waals surface area contributed by atoms with Crippen molar-refractivity contribution in [2.75, 3.05) is 12.8 Å². The Hall–Kier alpha value is -2.56. The Balaban J connectivity index is 2.02. The lowest BCUT2D eigenvalue weighted by Crippen LogP contribution is -2.06. The third kappa shape index (κ3) is 3.26. The zero-order chi connectivity index (χ0) is 14.5. The van der Waals surface area contributed by atoms with Crippen molar-refractivity contribution < 1.29 is 18.7 Å². The Labute approximate surface area is 115 Å². The first-order valence-corrected chi connectivity index (χ1v) is 5.95. The maximum absolute atomic E-state index is 13.5. The zero-order valence-electron chi connectivity index (χ0n) is 10.9. The number of halogens is 1. The lowest BCUT2D eigenvalue weighted by Gasteiger charge is -2.07. The van der Waals surface area contributed by atoms with Crippen molar-refractivity contribution in [1.82, 2.24) is 0 Å². The number of nitrogen functional groups attached to an aromatic ring is 1. The molecule has 0 aromatic heterocycles. The Morgan fingerprint density at radius 2 is 2.05 bits per heavy atom. The zero-order valence-corrected chi connectivity index (χ0v) is 10.9. The standard InChI is InChI=1S/C15H14FNO3/c1-19-14-6-5-10(7-13(14)16)9-20-15(18)11-3-2-4-12(17)8-11/h2-8H,9,17H2,1H3. The van der Waals surface area contributed by atoms with Gasteiger partial charge in [-0.1, -0.05) is 12.1 Å². The van der Waals surface area contributed by atoms with Crippen LogP contribution in [0.25, 0.3) is 0 Å². The maximum Gasteiger partial charge on any atom is 0.338 e. The minimum absolute atomic E-state index is 0.0193. The largest absolute Gasteiger partial charge is 0.494 e. The Kier molecular flexibility index (Phi) is 4.20. The molecule has 0 spiro atoms. The lowest BCUT2D eigenvalue weighted by atomic mass is 10.2. The summed E-state index contributed by atoms with van der Waals surface area (Å²) >= 11 is 0. The number of carbonyl (C=O) groups excluding carboxylic acids is 1. The van der Waals surface area contributed by atoms with E-state index in [0.29, 0.717) is 16.8 Å².